The highest BCUT2D eigenvalue weighted by Crippen LogP contribution is 2.33. The summed E-state index contributed by atoms with van der Waals surface area (Å²) in [5.41, 5.74) is 11.0. The summed E-state index contributed by atoms with van der Waals surface area (Å²) in [6, 6.07) is 0. The molecule has 1 aromatic carbocycles. The topological polar surface area (TPSA) is 179 Å². The number of hydrogen-bond donors (Lipinski definition) is 4. The molecule has 0 aromatic heterocycles. The van der Waals surface area contributed by atoms with Gasteiger partial charge in [0.25, 0.3) is 0 Å². The Balaban J connectivity index is 0. The summed E-state index contributed by atoms with van der Waals surface area (Å²) >= 11 is 5.32. The van der Waals surface area contributed by atoms with E-state index in [9.17, 15) is 19.2 Å². The van der Waals surface area contributed by atoms with E-state index in [0.29, 0.717) is 7.14 Å². The Kier molecular flexibility index (Phi) is 15.1. The molecule has 0 amide bonds. The molecule has 1 rings (SSSR count). The van der Waals surface area contributed by atoms with Gasteiger partial charge in [-0.2, -0.15) is 0 Å². The van der Waals surface area contributed by atoms with Crippen LogP contribution in [0.3, 0.4) is 0 Å². The number of halogens is 4. The van der Waals surface area contributed by atoms with Gasteiger partial charge < -0.3 is 31.2 Å². The number of carbonyl (C=O) groups is 4. The van der Waals surface area contributed by atoms with Crippen LogP contribution in [0.2, 0.25) is 0 Å². The maximum Gasteiger partial charge on any atom is 0.337 e. The molecular weight excluding hydrogens is 752 g/mol. The molecule has 1 aromatic rings. The van der Waals surface area contributed by atoms with Crippen molar-refractivity contribution < 1.29 is 38.9 Å². The van der Waals surface area contributed by atoms with Gasteiger partial charge in [-0.1, -0.05) is 0 Å². The third-order valence-electron chi connectivity index (χ3n) is 2.85. The van der Waals surface area contributed by atoms with Crippen LogP contribution in [0.25, 0.3) is 0 Å². The number of ether oxygens (including phenoxy) is 2. The van der Waals surface area contributed by atoms with E-state index in [1.54, 1.807) is 67.8 Å². The Hall–Kier alpha value is -0.660. The molecule has 1 unspecified atom stereocenters. The quantitative estimate of drug-likeness (QED) is 0.191. The van der Waals surface area contributed by atoms with Crippen molar-refractivity contribution in [2.75, 3.05) is 18.9 Å². The Labute approximate surface area is 213 Å². The van der Waals surface area contributed by atoms with Crippen LogP contribution in [-0.2, 0) is 19.1 Å². The van der Waals surface area contributed by atoms with E-state index in [1.165, 1.54) is 13.8 Å². The molecule has 0 aliphatic carbocycles. The number of nitrogen functional groups attached to an aromatic ring is 1. The first-order valence-corrected chi connectivity index (χ1v) is 10.5. The number of carbonyl (C=O) groups excluding carboxylic acids is 2. The van der Waals surface area contributed by atoms with Gasteiger partial charge in [0.1, 0.15) is 12.7 Å². The van der Waals surface area contributed by atoms with Crippen molar-refractivity contribution in [3.63, 3.8) is 0 Å². The van der Waals surface area contributed by atoms with Gasteiger partial charge in [-0.25, -0.2) is 9.59 Å². The van der Waals surface area contributed by atoms with Crippen molar-refractivity contribution >= 4 is 110 Å². The zero-order valence-electron chi connectivity index (χ0n) is 15.0. The third kappa shape index (κ3) is 9.79. The Morgan fingerprint density at radius 3 is 1.62 bits per heavy atom. The minimum absolute atomic E-state index is 0. The van der Waals surface area contributed by atoms with Gasteiger partial charge in [0.15, 0.2) is 0 Å². The minimum Gasteiger partial charge on any atom is -0.478 e. The van der Waals surface area contributed by atoms with Crippen molar-refractivity contribution in [3.05, 3.63) is 21.8 Å². The first-order valence-electron chi connectivity index (χ1n) is 7.28. The van der Waals surface area contributed by atoms with E-state index in [-0.39, 0.29) is 45.9 Å². The summed E-state index contributed by atoms with van der Waals surface area (Å²) in [6.07, 6.45) is -0.536. The molecular formula is C15H18ClI3N2O8. The number of aromatic carboxylic acids is 2. The van der Waals surface area contributed by atoms with Crippen LogP contribution in [-0.4, -0.2) is 53.3 Å². The number of esters is 2. The molecule has 0 saturated carbocycles. The number of carboxylic acids is 2. The number of nitrogens with two attached hydrogens (primary N) is 2. The van der Waals surface area contributed by atoms with Crippen LogP contribution in [0.4, 0.5) is 5.69 Å². The van der Waals surface area contributed by atoms with Gasteiger partial charge >= 0.3 is 23.9 Å². The van der Waals surface area contributed by atoms with E-state index < -0.39 is 30.0 Å². The van der Waals surface area contributed by atoms with Crippen LogP contribution in [0.5, 0.6) is 0 Å². The molecule has 0 spiro atoms. The SMILES string of the molecule is CC(=O)OCC(CN)OC(C)=O.Cl.Nc1c(I)c(C(=O)O)c(I)c(C(=O)O)c1I. The van der Waals surface area contributed by atoms with Crippen LogP contribution < -0.4 is 11.5 Å². The van der Waals surface area contributed by atoms with Gasteiger partial charge in [-0.05, 0) is 67.8 Å². The average Bonchev–Trinajstić information content (AvgIpc) is 2.56. The first kappa shape index (κ1) is 30.5. The van der Waals surface area contributed by atoms with E-state index in [1.807, 2.05) is 0 Å². The van der Waals surface area contributed by atoms with Crippen LogP contribution in [0.15, 0.2) is 0 Å². The van der Waals surface area contributed by atoms with Crippen LogP contribution in [0, 0.1) is 10.7 Å². The maximum absolute atomic E-state index is 11.0. The fraction of sp³-hybridized carbons (Fsp3) is 0.333. The number of hydrogen-bond acceptors (Lipinski definition) is 8. The second kappa shape index (κ2) is 14.4. The highest BCUT2D eigenvalue weighted by Gasteiger charge is 2.26. The zero-order chi connectivity index (χ0) is 22.2. The lowest BCUT2D eigenvalue weighted by atomic mass is 10.1. The minimum atomic E-state index is -1.18. The van der Waals surface area contributed by atoms with Gasteiger partial charge in [-0.15, -0.1) is 12.4 Å². The van der Waals surface area contributed by atoms with Crippen LogP contribution in [0.1, 0.15) is 34.6 Å². The molecule has 0 bridgehead atoms. The summed E-state index contributed by atoms with van der Waals surface area (Å²) in [5, 5.41) is 18.0. The third-order valence-corrected chi connectivity index (χ3v) is 6.17. The molecule has 0 aliphatic rings. The van der Waals surface area contributed by atoms with Gasteiger partial charge in [-0.3, -0.25) is 9.59 Å². The molecule has 1 atom stereocenters. The Morgan fingerprint density at radius 2 is 1.34 bits per heavy atom. The van der Waals surface area contributed by atoms with Crippen LogP contribution >= 0.6 is 80.2 Å². The van der Waals surface area contributed by atoms with Crippen molar-refractivity contribution in [1.29, 1.82) is 0 Å². The Morgan fingerprint density at radius 1 is 0.931 bits per heavy atom. The molecule has 29 heavy (non-hydrogen) atoms. The monoisotopic (exact) mass is 770 g/mol. The predicted octanol–water partition coefficient (Wildman–Crippen LogP) is 2.34. The molecule has 14 heteroatoms. The highest BCUT2D eigenvalue weighted by atomic mass is 127. The highest BCUT2D eigenvalue weighted by molar-refractivity contribution is 14.1. The predicted molar refractivity (Wildman–Crippen MR) is 131 cm³/mol. The summed E-state index contributed by atoms with van der Waals surface area (Å²) < 4.78 is 10.2. The average molecular weight is 770 g/mol. The van der Waals surface area contributed by atoms with E-state index in [2.05, 4.69) is 4.74 Å². The number of benzene rings is 1. The largest absolute Gasteiger partial charge is 0.478 e. The summed E-state index contributed by atoms with van der Waals surface area (Å²) in [6.45, 7) is 2.72. The van der Waals surface area contributed by atoms with E-state index >= 15 is 0 Å². The Bertz CT molecular complexity index is 750. The lowest BCUT2D eigenvalue weighted by Gasteiger charge is -2.13. The second-order valence-corrected chi connectivity index (χ2v) is 8.22. The molecule has 0 heterocycles. The van der Waals surface area contributed by atoms with Crippen molar-refractivity contribution in [3.8, 4) is 0 Å². The smallest absolute Gasteiger partial charge is 0.337 e. The van der Waals surface area contributed by atoms with Crippen molar-refractivity contribution in [2.24, 2.45) is 5.73 Å². The number of anilines is 1. The molecule has 10 nitrogen and oxygen atoms in total. The lowest BCUT2D eigenvalue weighted by molar-refractivity contribution is -0.155. The summed E-state index contributed by atoms with van der Waals surface area (Å²) in [4.78, 5) is 42.8. The van der Waals surface area contributed by atoms with Gasteiger partial charge in [0.2, 0.25) is 0 Å². The van der Waals surface area contributed by atoms with Crippen molar-refractivity contribution in [1.82, 2.24) is 0 Å². The molecule has 0 aliphatic heterocycles. The molecule has 6 N–H and O–H groups in total. The molecule has 164 valence electrons. The summed E-state index contributed by atoms with van der Waals surface area (Å²) in [5.74, 6) is -3.21. The first-order chi connectivity index (χ1) is 12.8. The maximum atomic E-state index is 11.0. The van der Waals surface area contributed by atoms with Gasteiger partial charge in [0.05, 0.1) is 24.0 Å². The van der Waals surface area contributed by atoms with Gasteiger partial charge in [0, 0.05) is 24.0 Å². The molecule has 0 radical (unpaired) electrons. The van der Waals surface area contributed by atoms with E-state index in [4.69, 9.17) is 26.4 Å². The second-order valence-electron chi connectivity index (χ2n) is 4.99. The molecule has 0 saturated heterocycles. The number of rotatable bonds is 6. The summed E-state index contributed by atoms with van der Waals surface area (Å²) in [7, 11) is 0. The normalized spacial score (nSPS) is 10.6. The standard InChI is InChI=1S/C8H4I3NO4.C7H13NO4.ClH/c9-3-1(7(13)14)4(10)6(12)5(11)2(3)8(15)16;1-5(9)11-4-7(3-8)12-6(2)10;/h12H2,(H,13,14)(H,15,16);7H,3-4,8H2,1-2H3;1H. The fourth-order valence-corrected chi connectivity index (χ4v) is 5.74. The van der Waals surface area contributed by atoms with E-state index in [0.717, 1.165) is 0 Å². The fourth-order valence-electron chi connectivity index (χ4n) is 1.65. The zero-order valence-corrected chi connectivity index (χ0v) is 22.3. The number of carboxylic acid groups (broad SMARTS) is 2. The molecule has 0 fully saturated rings. The lowest BCUT2D eigenvalue weighted by Crippen LogP contribution is -2.31. The van der Waals surface area contributed by atoms with Crippen molar-refractivity contribution in [2.45, 2.75) is 20.0 Å².